The van der Waals surface area contributed by atoms with Crippen LogP contribution in [0.1, 0.15) is 74.3 Å². The van der Waals surface area contributed by atoms with Crippen molar-refractivity contribution in [2.75, 3.05) is 45.9 Å². The molecule has 288 valence electrons. The van der Waals surface area contributed by atoms with Gasteiger partial charge in [-0.2, -0.15) is 5.21 Å². The quantitative estimate of drug-likeness (QED) is 0.165. The number of hydrogen-bond acceptors (Lipinski definition) is 14. The molecule has 0 aliphatic carbocycles. The Morgan fingerprint density at radius 1 is 1.17 bits per heavy atom. The number of aromatic nitrogens is 4. The van der Waals surface area contributed by atoms with Gasteiger partial charge < -0.3 is 50.2 Å². The second-order valence-electron chi connectivity index (χ2n) is 15.2. The van der Waals surface area contributed by atoms with E-state index in [-0.39, 0.29) is 30.0 Å². The summed E-state index contributed by atoms with van der Waals surface area (Å²) in [4.78, 5) is 42.1. The Hall–Kier alpha value is -3.94. The minimum atomic E-state index is -1.71. The van der Waals surface area contributed by atoms with Crippen molar-refractivity contribution < 1.29 is 49.0 Å². The lowest BCUT2D eigenvalue weighted by atomic mass is 9.80. The predicted octanol–water partition coefficient (Wildman–Crippen LogP) is -0.374. The smallest absolute Gasteiger partial charge is 0.410 e. The van der Waals surface area contributed by atoms with Crippen LogP contribution in [0.5, 0.6) is 5.75 Å². The second-order valence-corrected chi connectivity index (χ2v) is 15.2. The number of nitrogens with zero attached hydrogens (tertiary/aromatic N) is 5. The number of nitrogens with one attached hydrogen (secondary N) is 3. The van der Waals surface area contributed by atoms with Crippen LogP contribution in [-0.4, -0.2) is 156 Å². The standard InChI is InChI=1S/C34H52N8O10/c1-19-13-22(14-20(2)26(19)46)29(48)35-16-24(45)27(47)28-25(36-21(3)43)23(44)15-34(51-28,30-37-39-40-38-30)8-10-42-11-12-50-18-33(42)7-9-41(17-33)31(49)52-32(4,5)6/h13-14,23-25,27-28,44-47H,7-12,15-18H2,1-6H3,(H,35,48)(H,36,43)(H,37,38,39,40)/t23-,24+,25+,27+,28+,33-,34+/m0/s1. The molecule has 0 unspecified atom stereocenters. The number of likely N-dealkylation sites (tertiary alicyclic amines) is 1. The van der Waals surface area contributed by atoms with E-state index in [2.05, 4.69) is 36.2 Å². The molecule has 3 amide bonds. The van der Waals surface area contributed by atoms with Crippen LogP contribution >= 0.6 is 0 Å². The molecule has 4 heterocycles. The van der Waals surface area contributed by atoms with Crippen LogP contribution in [0.3, 0.4) is 0 Å². The lowest BCUT2D eigenvalue weighted by Gasteiger charge is -2.50. The third-order valence-electron chi connectivity index (χ3n) is 10.1. The zero-order valence-corrected chi connectivity index (χ0v) is 30.6. The molecule has 3 aliphatic heterocycles. The number of aryl methyl sites for hydroxylation is 2. The fraction of sp³-hybridized carbons (Fsp3) is 0.706. The second kappa shape index (κ2) is 15.6. The van der Waals surface area contributed by atoms with E-state index in [0.29, 0.717) is 56.9 Å². The van der Waals surface area contributed by atoms with Crippen molar-refractivity contribution in [3.8, 4) is 5.75 Å². The number of aliphatic hydroxyl groups excluding tert-OH is 3. The van der Waals surface area contributed by atoms with Gasteiger partial charge in [-0.3, -0.25) is 14.5 Å². The van der Waals surface area contributed by atoms with E-state index in [0.717, 1.165) is 0 Å². The van der Waals surface area contributed by atoms with Crippen molar-refractivity contribution in [1.82, 2.24) is 41.1 Å². The topological polar surface area (TPSA) is 245 Å². The Morgan fingerprint density at radius 3 is 2.52 bits per heavy atom. The summed E-state index contributed by atoms with van der Waals surface area (Å²) >= 11 is 0. The SMILES string of the molecule is CC(=O)N[C@H]1[C@H]([C@H](O)[C@H](O)CNC(=O)c2cc(C)c(O)c(C)c2)O[C@@](CCN2CCOC[C@@]23CCN(C(=O)OC(C)(C)C)C3)(c2nn[nH]n2)C[C@@H]1O. The van der Waals surface area contributed by atoms with Crippen LogP contribution in [0.4, 0.5) is 4.79 Å². The lowest BCUT2D eigenvalue weighted by Crippen LogP contribution is -2.66. The van der Waals surface area contributed by atoms with Crippen molar-refractivity contribution in [3.63, 3.8) is 0 Å². The maximum atomic E-state index is 13.0. The molecule has 0 bridgehead atoms. The number of hydrogen-bond donors (Lipinski definition) is 7. The molecule has 0 saturated carbocycles. The normalized spacial score (nSPS) is 28.0. The molecular formula is C34H52N8O10. The third-order valence-corrected chi connectivity index (χ3v) is 10.1. The van der Waals surface area contributed by atoms with E-state index in [1.807, 2.05) is 20.8 Å². The molecule has 18 heteroatoms. The summed E-state index contributed by atoms with van der Waals surface area (Å²) < 4.78 is 18.2. The van der Waals surface area contributed by atoms with Gasteiger partial charge in [0.15, 0.2) is 0 Å². The number of rotatable bonds is 10. The Kier molecular flexibility index (Phi) is 11.8. The van der Waals surface area contributed by atoms with Crippen LogP contribution in [0.25, 0.3) is 0 Å². The number of H-pyrrole nitrogens is 1. The van der Waals surface area contributed by atoms with E-state index in [9.17, 15) is 34.8 Å². The molecule has 0 radical (unpaired) electrons. The first-order chi connectivity index (χ1) is 24.4. The van der Waals surface area contributed by atoms with E-state index in [1.165, 1.54) is 19.1 Å². The van der Waals surface area contributed by atoms with Gasteiger partial charge in [0.05, 0.1) is 37.0 Å². The van der Waals surface area contributed by atoms with Gasteiger partial charge in [0.1, 0.15) is 29.2 Å². The highest BCUT2D eigenvalue weighted by molar-refractivity contribution is 5.94. The van der Waals surface area contributed by atoms with Crippen molar-refractivity contribution in [3.05, 3.63) is 34.6 Å². The summed E-state index contributed by atoms with van der Waals surface area (Å²) in [7, 11) is 0. The number of aliphatic hydroxyl groups is 3. The predicted molar refractivity (Wildman–Crippen MR) is 183 cm³/mol. The van der Waals surface area contributed by atoms with Crippen molar-refractivity contribution in [2.24, 2.45) is 0 Å². The number of phenolic OH excluding ortho intramolecular Hbond substituents is 1. The molecule has 3 fully saturated rings. The van der Waals surface area contributed by atoms with Gasteiger partial charge >= 0.3 is 6.09 Å². The van der Waals surface area contributed by atoms with Gasteiger partial charge in [0, 0.05) is 51.6 Å². The molecule has 1 spiro atoms. The lowest BCUT2D eigenvalue weighted by molar-refractivity contribution is -0.231. The molecule has 1 aromatic carbocycles. The van der Waals surface area contributed by atoms with Crippen LogP contribution in [0, 0.1) is 13.8 Å². The van der Waals surface area contributed by atoms with Crippen LogP contribution in [0.15, 0.2) is 12.1 Å². The maximum absolute atomic E-state index is 13.0. The Morgan fingerprint density at radius 2 is 1.88 bits per heavy atom. The number of aromatic amines is 1. The van der Waals surface area contributed by atoms with Crippen LogP contribution in [-0.2, 0) is 24.6 Å². The van der Waals surface area contributed by atoms with Crippen LogP contribution < -0.4 is 10.6 Å². The Labute approximate surface area is 302 Å². The molecule has 3 saturated heterocycles. The first kappa shape index (κ1) is 39.3. The summed E-state index contributed by atoms with van der Waals surface area (Å²) in [5.41, 5.74) is -1.35. The maximum Gasteiger partial charge on any atom is 0.410 e. The molecule has 52 heavy (non-hydrogen) atoms. The van der Waals surface area contributed by atoms with Gasteiger partial charge in [-0.05, 0) is 70.7 Å². The molecule has 7 atom stereocenters. The van der Waals surface area contributed by atoms with Gasteiger partial charge in [0.2, 0.25) is 11.7 Å². The zero-order valence-electron chi connectivity index (χ0n) is 30.6. The first-order valence-electron chi connectivity index (χ1n) is 17.6. The molecule has 2 aromatic rings. The molecule has 5 rings (SSSR count). The average molecular weight is 733 g/mol. The number of carbonyl (C=O) groups excluding carboxylic acids is 3. The van der Waals surface area contributed by atoms with Gasteiger partial charge in [-0.25, -0.2) is 4.79 Å². The monoisotopic (exact) mass is 732 g/mol. The summed E-state index contributed by atoms with van der Waals surface area (Å²) in [6, 6.07) is 1.87. The highest BCUT2D eigenvalue weighted by atomic mass is 16.6. The molecule has 7 N–H and O–H groups in total. The Balaban J connectivity index is 1.35. The molecule has 1 aromatic heterocycles. The van der Waals surface area contributed by atoms with Crippen molar-refractivity contribution in [2.45, 2.75) is 108 Å². The van der Waals surface area contributed by atoms with Gasteiger partial charge in [0.25, 0.3) is 5.91 Å². The van der Waals surface area contributed by atoms with E-state index < -0.39 is 71.7 Å². The Bertz CT molecular complexity index is 1570. The fourth-order valence-corrected chi connectivity index (χ4v) is 7.40. The number of phenols is 1. The number of benzene rings is 1. The highest BCUT2D eigenvalue weighted by Crippen LogP contribution is 2.42. The third kappa shape index (κ3) is 8.64. The number of ether oxygens (including phenoxy) is 3. The summed E-state index contributed by atoms with van der Waals surface area (Å²) in [6.45, 7) is 12.3. The number of carbonyl (C=O) groups is 3. The number of amides is 3. The summed E-state index contributed by atoms with van der Waals surface area (Å²) in [5.74, 6) is -0.860. The van der Waals surface area contributed by atoms with Gasteiger partial charge in [-0.15, -0.1) is 10.2 Å². The van der Waals surface area contributed by atoms with Crippen molar-refractivity contribution >= 4 is 17.9 Å². The largest absolute Gasteiger partial charge is 0.507 e. The first-order valence-corrected chi connectivity index (χ1v) is 17.6. The molecular weight excluding hydrogens is 680 g/mol. The minimum absolute atomic E-state index is 0.0731. The highest BCUT2D eigenvalue weighted by Gasteiger charge is 2.54. The number of tetrazole rings is 1. The van der Waals surface area contributed by atoms with Crippen molar-refractivity contribution in [1.29, 1.82) is 0 Å². The van der Waals surface area contributed by atoms with E-state index >= 15 is 0 Å². The number of aromatic hydroxyl groups is 1. The summed E-state index contributed by atoms with van der Waals surface area (Å²) in [6.07, 6.45) is -5.64. The fourth-order valence-electron chi connectivity index (χ4n) is 7.40. The number of morpholine rings is 1. The van der Waals surface area contributed by atoms with Gasteiger partial charge in [-0.1, -0.05) is 5.21 Å². The minimum Gasteiger partial charge on any atom is -0.507 e. The average Bonchev–Trinajstić information content (AvgIpc) is 3.77. The van der Waals surface area contributed by atoms with E-state index in [4.69, 9.17) is 14.2 Å². The zero-order chi connectivity index (χ0) is 38.0. The van der Waals surface area contributed by atoms with Crippen LogP contribution in [0.2, 0.25) is 0 Å². The molecule has 3 aliphatic rings. The van der Waals surface area contributed by atoms with E-state index in [1.54, 1.807) is 18.7 Å². The molecule has 18 nitrogen and oxygen atoms in total. The summed E-state index contributed by atoms with van der Waals surface area (Å²) in [5, 5.41) is 64.2.